The topological polar surface area (TPSA) is 72.2 Å². The molecule has 0 saturated carbocycles. The Morgan fingerprint density at radius 2 is 2.00 bits per heavy atom. The third kappa shape index (κ3) is 2.75. The van der Waals surface area contributed by atoms with Crippen LogP contribution in [0.4, 0.5) is 0 Å². The molecule has 0 bridgehead atoms. The fourth-order valence-electron chi connectivity index (χ4n) is 1.49. The summed E-state index contributed by atoms with van der Waals surface area (Å²) in [6.45, 7) is 0.298. The first-order chi connectivity index (χ1) is 8.56. The van der Waals surface area contributed by atoms with Crippen molar-refractivity contribution in [2.75, 3.05) is 0 Å². The maximum atomic E-state index is 11.5. The summed E-state index contributed by atoms with van der Waals surface area (Å²) in [5.74, 6) is -0.983. The minimum atomic E-state index is -0.983. The van der Waals surface area contributed by atoms with Gasteiger partial charge in [0, 0.05) is 6.20 Å². The Morgan fingerprint density at radius 1 is 1.33 bits per heavy atom. The standard InChI is InChI=1S/C12H9ClN2O3/c13-10-5-14-12(18)15(7-10)6-8-1-3-9(4-2-8)11(16)17/h1-5,7H,6H2,(H,16,17). The van der Waals surface area contributed by atoms with Crippen molar-refractivity contribution in [2.45, 2.75) is 6.54 Å². The lowest BCUT2D eigenvalue weighted by Gasteiger charge is -2.05. The number of aromatic carboxylic acids is 1. The Kier molecular flexibility index (Phi) is 3.43. The van der Waals surface area contributed by atoms with Gasteiger partial charge < -0.3 is 5.11 Å². The maximum absolute atomic E-state index is 11.5. The summed E-state index contributed by atoms with van der Waals surface area (Å²) in [5.41, 5.74) is 0.600. The summed E-state index contributed by atoms with van der Waals surface area (Å²) >= 11 is 5.75. The van der Waals surface area contributed by atoms with Crippen molar-refractivity contribution in [3.63, 3.8) is 0 Å². The van der Waals surface area contributed by atoms with Crippen LogP contribution in [0.15, 0.2) is 41.5 Å². The molecule has 0 radical (unpaired) electrons. The first-order valence-corrected chi connectivity index (χ1v) is 5.48. The van der Waals surface area contributed by atoms with E-state index in [9.17, 15) is 9.59 Å². The van der Waals surface area contributed by atoms with Crippen molar-refractivity contribution >= 4 is 17.6 Å². The Hall–Kier alpha value is -2.14. The minimum Gasteiger partial charge on any atom is -0.478 e. The lowest BCUT2D eigenvalue weighted by atomic mass is 10.1. The zero-order valence-electron chi connectivity index (χ0n) is 9.21. The number of halogens is 1. The molecule has 0 saturated heterocycles. The Morgan fingerprint density at radius 3 is 2.61 bits per heavy atom. The third-order valence-corrected chi connectivity index (χ3v) is 2.57. The molecule has 0 aliphatic heterocycles. The highest BCUT2D eigenvalue weighted by Crippen LogP contribution is 2.07. The second-order valence-electron chi connectivity index (χ2n) is 3.68. The molecule has 1 heterocycles. The first kappa shape index (κ1) is 12.3. The van der Waals surface area contributed by atoms with Crippen molar-refractivity contribution in [1.29, 1.82) is 0 Å². The van der Waals surface area contributed by atoms with Crippen LogP contribution in [0.5, 0.6) is 0 Å². The van der Waals surface area contributed by atoms with Gasteiger partial charge in [-0.15, -0.1) is 0 Å². The van der Waals surface area contributed by atoms with Gasteiger partial charge in [-0.1, -0.05) is 23.7 Å². The molecule has 0 spiro atoms. The normalized spacial score (nSPS) is 10.3. The van der Waals surface area contributed by atoms with E-state index in [1.807, 2.05) is 0 Å². The minimum absolute atomic E-state index is 0.204. The molecule has 1 aromatic heterocycles. The van der Waals surface area contributed by atoms with E-state index >= 15 is 0 Å². The van der Waals surface area contributed by atoms with Crippen molar-refractivity contribution in [3.8, 4) is 0 Å². The van der Waals surface area contributed by atoms with E-state index in [4.69, 9.17) is 16.7 Å². The fraction of sp³-hybridized carbons (Fsp3) is 0.0833. The molecule has 0 fully saturated rings. The lowest BCUT2D eigenvalue weighted by Crippen LogP contribution is -2.22. The molecule has 1 aromatic carbocycles. The van der Waals surface area contributed by atoms with Gasteiger partial charge in [-0.3, -0.25) is 4.57 Å². The van der Waals surface area contributed by atoms with Gasteiger partial charge in [-0.25, -0.2) is 14.6 Å². The number of nitrogens with zero attached hydrogens (tertiary/aromatic N) is 2. The molecule has 6 heteroatoms. The third-order valence-electron chi connectivity index (χ3n) is 2.38. The molecular formula is C12H9ClN2O3. The smallest absolute Gasteiger partial charge is 0.347 e. The highest BCUT2D eigenvalue weighted by Gasteiger charge is 2.03. The van der Waals surface area contributed by atoms with Crippen LogP contribution in [-0.4, -0.2) is 20.6 Å². The monoisotopic (exact) mass is 264 g/mol. The molecule has 0 atom stereocenters. The maximum Gasteiger partial charge on any atom is 0.347 e. The number of carbonyl (C=O) groups is 1. The van der Waals surface area contributed by atoms with E-state index in [1.54, 1.807) is 12.1 Å². The van der Waals surface area contributed by atoms with E-state index in [2.05, 4.69) is 4.98 Å². The van der Waals surface area contributed by atoms with Crippen LogP contribution in [0.3, 0.4) is 0 Å². The van der Waals surface area contributed by atoms with Gasteiger partial charge in [-0.05, 0) is 17.7 Å². The summed E-state index contributed by atoms with van der Waals surface area (Å²) in [6, 6.07) is 6.27. The van der Waals surface area contributed by atoms with Gasteiger partial charge in [0.25, 0.3) is 0 Å². The molecule has 0 unspecified atom stereocenters. The second kappa shape index (κ2) is 5.01. The fourth-order valence-corrected chi connectivity index (χ4v) is 1.66. The number of benzene rings is 1. The largest absolute Gasteiger partial charge is 0.478 e. The van der Waals surface area contributed by atoms with Crippen LogP contribution < -0.4 is 5.69 Å². The summed E-state index contributed by atoms with van der Waals surface area (Å²) in [6.07, 6.45) is 2.77. The molecular weight excluding hydrogens is 256 g/mol. The number of carboxylic acid groups (broad SMARTS) is 1. The van der Waals surface area contributed by atoms with Gasteiger partial charge in [0.05, 0.1) is 23.3 Å². The van der Waals surface area contributed by atoms with Crippen LogP contribution in [0.1, 0.15) is 15.9 Å². The highest BCUT2D eigenvalue weighted by atomic mass is 35.5. The molecule has 18 heavy (non-hydrogen) atoms. The summed E-state index contributed by atoms with van der Waals surface area (Å²) < 4.78 is 1.36. The predicted octanol–water partition coefficient (Wildman–Crippen LogP) is 1.64. The Labute approximate surface area is 107 Å². The number of aromatic nitrogens is 2. The summed E-state index contributed by atoms with van der Waals surface area (Å²) in [4.78, 5) is 25.7. The van der Waals surface area contributed by atoms with E-state index in [0.717, 1.165) is 5.56 Å². The van der Waals surface area contributed by atoms with E-state index < -0.39 is 11.7 Å². The number of hydrogen-bond donors (Lipinski definition) is 1. The number of hydrogen-bond acceptors (Lipinski definition) is 3. The second-order valence-corrected chi connectivity index (χ2v) is 4.12. The molecule has 2 aromatic rings. The van der Waals surface area contributed by atoms with Crippen LogP contribution in [0, 0.1) is 0 Å². The zero-order valence-corrected chi connectivity index (χ0v) is 9.96. The quantitative estimate of drug-likeness (QED) is 0.915. The van der Waals surface area contributed by atoms with Crippen LogP contribution in [0.25, 0.3) is 0 Å². The van der Waals surface area contributed by atoms with Crippen molar-refractivity contribution in [3.05, 3.63) is 63.3 Å². The van der Waals surface area contributed by atoms with Crippen LogP contribution >= 0.6 is 11.6 Å². The van der Waals surface area contributed by atoms with Gasteiger partial charge in [0.1, 0.15) is 0 Å². The van der Waals surface area contributed by atoms with E-state index in [1.165, 1.54) is 29.1 Å². The van der Waals surface area contributed by atoms with Crippen molar-refractivity contribution < 1.29 is 9.90 Å². The summed E-state index contributed by atoms with van der Waals surface area (Å²) in [7, 11) is 0. The molecule has 1 N–H and O–H groups in total. The van der Waals surface area contributed by atoms with Crippen LogP contribution in [-0.2, 0) is 6.54 Å². The van der Waals surface area contributed by atoms with Crippen molar-refractivity contribution in [1.82, 2.24) is 9.55 Å². The van der Waals surface area contributed by atoms with E-state index in [0.29, 0.717) is 11.6 Å². The zero-order chi connectivity index (χ0) is 13.1. The average Bonchev–Trinajstić information content (AvgIpc) is 2.34. The molecule has 2 rings (SSSR count). The predicted molar refractivity (Wildman–Crippen MR) is 66.0 cm³/mol. The SMILES string of the molecule is O=C(O)c1ccc(Cn2cc(Cl)cnc2=O)cc1. The highest BCUT2D eigenvalue weighted by molar-refractivity contribution is 6.30. The summed E-state index contributed by atoms with van der Waals surface area (Å²) in [5, 5.41) is 9.14. The Balaban J connectivity index is 2.26. The van der Waals surface area contributed by atoms with Crippen molar-refractivity contribution in [2.24, 2.45) is 0 Å². The van der Waals surface area contributed by atoms with Gasteiger partial charge in [-0.2, -0.15) is 0 Å². The van der Waals surface area contributed by atoms with Gasteiger partial charge in [0.2, 0.25) is 0 Å². The first-order valence-electron chi connectivity index (χ1n) is 5.10. The lowest BCUT2D eigenvalue weighted by molar-refractivity contribution is 0.0697. The molecule has 5 nitrogen and oxygen atoms in total. The molecule has 92 valence electrons. The molecule has 0 aliphatic carbocycles. The molecule has 0 aliphatic rings. The molecule has 0 amide bonds. The number of rotatable bonds is 3. The Bertz CT molecular complexity index is 635. The van der Waals surface area contributed by atoms with Crippen LogP contribution in [0.2, 0.25) is 5.02 Å². The van der Waals surface area contributed by atoms with Gasteiger partial charge in [0.15, 0.2) is 0 Å². The average molecular weight is 265 g/mol. The van der Waals surface area contributed by atoms with Gasteiger partial charge >= 0.3 is 11.7 Å². The van der Waals surface area contributed by atoms with E-state index in [-0.39, 0.29) is 5.56 Å². The number of carboxylic acids is 1.